The molecule has 118 valence electrons. The molecule has 0 aliphatic heterocycles. The Balaban J connectivity index is 2.47. The molecule has 0 aliphatic carbocycles. The minimum absolute atomic E-state index is 0.137. The van der Waals surface area contributed by atoms with Crippen LogP contribution in [0.1, 0.15) is 30.6 Å². The molecule has 1 rings (SSSR count). The first-order chi connectivity index (χ1) is 10.6. The molecule has 0 fully saturated rings. The van der Waals surface area contributed by atoms with E-state index in [1.807, 2.05) is 0 Å². The van der Waals surface area contributed by atoms with Gasteiger partial charge in [0.05, 0.1) is 6.07 Å². The van der Waals surface area contributed by atoms with Gasteiger partial charge in [-0.15, -0.1) is 0 Å². The Bertz CT molecular complexity index is 530. The van der Waals surface area contributed by atoms with E-state index in [2.05, 4.69) is 29.4 Å². The van der Waals surface area contributed by atoms with Gasteiger partial charge in [-0.05, 0) is 37.4 Å². The van der Waals surface area contributed by atoms with Gasteiger partial charge in [0, 0.05) is 24.3 Å². The van der Waals surface area contributed by atoms with Gasteiger partial charge in [-0.25, -0.2) is 0 Å². The average molecular weight is 302 g/mol. The Morgan fingerprint density at radius 3 is 2.36 bits per heavy atom. The SMILES string of the molecule is CCN(CC)CCNC(=O)c1ccc(NC(=O)CC#N)cc1. The van der Waals surface area contributed by atoms with Crippen molar-refractivity contribution in [2.24, 2.45) is 0 Å². The Hall–Kier alpha value is -2.39. The number of rotatable bonds is 8. The maximum Gasteiger partial charge on any atom is 0.251 e. The molecule has 0 saturated carbocycles. The zero-order valence-corrected chi connectivity index (χ0v) is 13.1. The molecule has 6 nitrogen and oxygen atoms in total. The van der Waals surface area contributed by atoms with Gasteiger partial charge in [-0.1, -0.05) is 13.8 Å². The summed E-state index contributed by atoms with van der Waals surface area (Å²) in [6.45, 7) is 7.52. The van der Waals surface area contributed by atoms with Gasteiger partial charge in [0.15, 0.2) is 0 Å². The minimum atomic E-state index is -0.362. The molecule has 0 radical (unpaired) electrons. The summed E-state index contributed by atoms with van der Waals surface area (Å²) in [6, 6.07) is 8.37. The number of amides is 2. The molecular formula is C16H22N4O2. The standard InChI is InChI=1S/C16H22N4O2/c1-3-20(4-2)12-11-18-16(22)13-5-7-14(8-6-13)19-15(21)9-10-17/h5-8H,3-4,9,11-12H2,1-2H3,(H,18,22)(H,19,21). The molecule has 1 aromatic carbocycles. The van der Waals surface area contributed by atoms with E-state index in [1.54, 1.807) is 30.3 Å². The zero-order valence-electron chi connectivity index (χ0n) is 13.1. The largest absolute Gasteiger partial charge is 0.351 e. The van der Waals surface area contributed by atoms with Crippen molar-refractivity contribution in [2.75, 3.05) is 31.5 Å². The van der Waals surface area contributed by atoms with E-state index >= 15 is 0 Å². The Kier molecular flexibility index (Phi) is 7.65. The molecule has 1 aromatic rings. The maximum atomic E-state index is 12.0. The Morgan fingerprint density at radius 2 is 1.82 bits per heavy atom. The molecule has 0 bridgehead atoms. The predicted octanol–water partition coefficient (Wildman–Crippen LogP) is 1.61. The first kappa shape index (κ1) is 17.7. The van der Waals surface area contributed by atoms with Gasteiger partial charge < -0.3 is 15.5 Å². The fourth-order valence-electron chi connectivity index (χ4n) is 1.95. The highest BCUT2D eigenvalue weighted by molar-refractivity contribution is 5.96. The molecule has 0 spiro atoms. The second-order valence-corrected chi connectivity index (χ2v) is 4.74. The number of carbonyl (C=O) groups excluding carboxylic acids is 2. The van der Waals surface area contributed by atoms with Crippen molar-refractivity contribution in [1.29, 1.82) is 5.26 Å². The molecule has 2 N–H and O–H groups in total. The van der Waals surface area contributed by atoms with Crippen molar-refractivity contribution >= 4 is 17.5 Å². The molecule has 0 atom stereocenters. The molecule has 22 heavy (non-hydrogen) atoms. The van der Waals surface area contributed by atoms with E-state index < -0.39 is 0 Å². The summed E-state index contributed by atoms with van der Waals surface area (Å²) < 4.78 is 0. The predicted molar refractivity (Wildman–Crippen MR) is 85.4 cm³/mol. The third-order valence-corrected chi connectivity index (χ3v) is 3.28. The minimum Gasteiger partial charge on any atom is -0.351 e. The number of likely N-dealkylation sites (N-methyl/N-ethyl adjacent to an activating group) is 1. The summed E-state index contributed by atoms with van der Waals surface area (Å²) in [7, 11) is 0. The molecule has 6 heteroatoms. The first-order valence-electron chi connectivity index (χ1n) is 7.38. The van der Waals surface area contributed by atoms with Crippen molar-refractivity contribution in [1.82, 2.24) is 10.2 Å². The van der Waals surface area contributed by atoms with E-state index in [0.717, 1.165) is 19.6 Å². The number of nitrogens with zero attached hydrogens (tertiary/aromatic N) is 2. The number of hydrogen-bond acceptors (Lipinski definition) is 4. The second kappa shape index (κ2) is 9.53. The van der Waals surface area contributed by atoms with Crippen molar-refractivity contribution in [3.63, 3.8) is 0 Å². The van der Waals surface area contributed by atoms with Gasteiger partial charge in [0.1, 0.15) is 6.42 Å². The van der Waals surface area contributed by atoms with Crippen LogP contribution in [0.3, 0.4) is 0 Å². The lowest BCUT2D eigenvalue weighted by Gasteiger charge is -2.17. The summed E-state index contributed by atoms with van der Waals surface area (Å²) in [4.78, 5) is 25.5. The van der Waals surface area contributed by atoms with Crippen LogP contribution >= 0.6 is 0 Å². The van der Waals surface area contributed by atoms with Crippen molar-refractivity contribution in [3.05, 3.63) is 29.8 Å². The highest BCUT2D eigenvalue weighted by Gasteiger charge is 2.07. The number of hydrogen-bond donors (Lipinski definition) is 2. The monoisotopic (exact) mass is 302 g/mol. The van der Waals surface area contributed by atoms with E-state index in [0.29, 0.717) is 17.8 Å². The number of anilines is 1. The normalized spacial score (nSPS) is 10.1. The number of nitriles is 1. The molecule has 0 unspecified atom stereocenters. The highest BCUT2D eigenvalue weighted by Crippen LogP contribution is 2.09. The smallest absolute Gasteiger partial charge is 0.251 e. The summed E-state index contributed by atoms with van der Waals surface area (Å²) in [5.74, 6) is -0.499. The third-order valence-electron chi connectivity index (χ3n) is 3.28. The van der Waals surface area contributed by atoms with Crippen LogP contribution in [0.5, 0.6) is 0 Å². The molecule has 0 aliphatic rings. The third kappa shape index (κ3) is 5.94. The van der Waals surface area contributed by atoms with Crippen LogP contribution in [-0.2, 0) is 4.79 Å². The molecular weight excluding hydrogens is 280 g/mol. The van der Waals surface area contributed by atoms with Gasteiger partial charge in [0.25, 0.3) is 5.91 Å². The van der Waals surface area contributed by atoms with E-state index in [4.69, 9.17) is 5.26 Å². The van der Waals surface area contributed by atoms with Crippen LogP contribution in [0.15, 0.2) is 24.3 Å². The van der Waals surface area contributed by atoms with Crippen LogP contribution in [0.25, 0.3) is 0 Å². The molecule has 0 saturated heterocycles. The summed E-state index contributed by atoms with van der Waals surface area (Å²) in [5, 5.41) is 13.9. The summed E-state index contributed by atoms with van der Waals surface area (Å²) in [6.07, 6.45) is -0.187. The van der Waals surface area contributed by atoms with Crippen LogP contribution in [0.2, 0.25) is 0 Å². The van der Waals surface area contributed by atoms with Gasteiger partial charge in [0.2, 0.25) is 5.91 Å². The summed E-state index contributed by atoms with van der Waals surface area (Å²) in [5.41, 5.74) is 1.11. The quantitative estimate of drug-likeness (QED) is 0.764. The Morgan fingerprint density at radius 1 is 1.18 bits per heavy atom. The van der Waals surface area contributed by atoms with Gasteiger partial charge in [-0.3, -0.25) is 9.59 Å². The van der Waals surface area contributed by atoms with Crippen LogP contribution < -0.4 is 10.6 Å². The number of benzene rings is 1. The lowest BCUT2D eigenvalue weighted by molar-refractivity contribution is -0.115. The van der Waals surface area contributed by atoms with Crippen molar-refractivity contribution in [3.8, 4) is 6.07 Å². The summed E-state index contributed by atoms with van der Waals surface area (Å²) >= 11 is 0. The van der Waals surface area contributed by atoms with E-state index in [9.17, 15) is 9.59 Å². The number of carbonyl (C=O) groups is 2. The van der Waals surface area contributed by atoms with Crippen LogP contribution in [0.4, 0.5) is 5.69 Å². The number of nitrogens with one attached hydrogen (secondary N) is 2. The first-order valence-corrected chi connectivity index (χ1v) is 7.38. The van der Waals surface area contributed by atoms with Gasteiger partial charge >= 0.3 is 0 Å². The lowest BCUT2D eigenvalue weighted by Crippen LogP contribution is -2.34. The highest BCUT2D eigenvalue weighted by atomic mass is 16.2. The second-order valence-electron chi connectivity index (χ2n) is 4.74. The topological polar surface area (TPSA) is 85.2 Å². The molecule has 2 amide bonds. The average Bonchev–Trinajstić information content (AvgIpc) is 2.52. The van der Waals surface area contributed by atoms with Gasteiger partial charge in [-0.2, -0.15) is 5.26 Å². The lowest BCUT2D eigenvalue weighted by atomic mass is 10.2. The van der Waals surface area contributed by atoms with Crippen molar-refractivity contribution in [2.45, 2.75) is 20.3 Å². The van der Waals surface area contributed by atoms with Crippen LogP contribution in [-0.4, -0.2) is 42.9 Å². The Labute approximate surface area is 131 Å². The molecule has 0 heterocycles. The maximum absolute atomic E-state index is 12.0. The molecule has 0 aromatic heterocycles. The van der Waals surface area contributed by atoms with Crippen molar-refractivity contribution < 1.29 is 9.59 Å². The fraction of sp³-hybridized carbons (Fsp3) is 0.438. The fourth-order valence-corrected chi connectivity index (χ4v) is 1.95. The van der Waals surface area contributed by atoms with E-state index in [-0.39, 0.29) is 18.2 Å². The van der Waals surface area contributed by atoms with Crippen LogP contribution in [0, 0.1) is 11.3 Å². The van der Waals surface area contributed by atoms with E-state index in [1.165, 1.54) is 0 Å². The zero-order chi connectivity index (χ0) is 16.4.